The van der Waals surface area contributed by atoms with E-state index < -0.39 is 0 Å². The first-order chi connectivity index (χ1) is 8.69. The molecular formula is C14H28N2O2. The van der Waals surface area contributed by atoms with E-state index in [1.807, 2.05) is 6.92 Å². The van der Waals surface area contributed by atoms with Gasteiger partial charge in [-0.1, -0.05) is 19.3 Å². The van der Waals surface area contributed by atoms with Gasteiger partial charge in [0.25, 0.3) is 0 Å². The summed E-state index contributed by atoms with van der Waals surface area (Å²) in [5, 5.41) is 0. The second-order valence-corrected chi connectivity index (χ2v) is 5.24. The summed E-state index contributed by atoms with van der Waals surface area (Å²) in [6.45, 7) is 3.85. The zero-order valence-corrected chi connectivity index (χ0v) is 11.9. The molecule has 0 aliphatic heterocycles. The Morgan fingerprint density at radius 3 is 2.72 bits per heavy atom. The van der Waals surface area contributed by atoms with Crippen molar-refractivity contribution >= 4 is 5.97 Å². The van der Waals surface area contributed by atoms with Crippen molar-refractivity contribution in [1.29, 1.82) is 0 Å². The molecule has 106 valence electrons. The Morgan fingerprint density at radius 2 is 2.06 bits per heavy atom. The van der Waals surface area contributed by atoms with Gasteiger partial charge in [0.05, 0.1) is 13.0 Å². The van der Waals surface area contributed by atoms with Gasteiger partial charge in [0, 0.05) is 12.6 Å². The van der Waals surface area contributed by atoms with Crippen LogP contribution in [0.2, 0.25) is 0 Å². The molecule has 1 aliphatic rings. The van der Waals surface area contributed by atoms with Crippen LogP contribution in [0.15, 0.2) is 0 Å². The summed E-state index contributed by atoms with van der Waals surface area (Å²) in [7, 11) is 2.11. The Morgan fingerprint density at radius 1 is 1.33 bits per heavy atom. The highest BCUT2D eigenvalue weighted by atomic mass is 16.5. The van der Waals surface area contributed by atoms with Crippen LogP contribution in [-0.4, -0.2) is 43.7 Å². The maximum Gasteiger partial charge on any atom is 0.307 e. The highest BCUT2D eigenvalue weighted by Crippen LogP contribution is 2.26. The van der Waals surface area contributed by atoms with Crippen LogP contribution < -0.4 is 5.73 Å². The molecule has 2 unspecified atom stereocenters. The first-order valence-corrected chi connectivity index (χ1v) is 7.25. The van der Waals surface area contributed by atoms with Gasteiger partial charge in [0.1, 0.15) is 0 Å². The summed E-state index contributed by atoms with van der Waals surface area (Å²) in [6.07, 6.45) is 6.82. The van der Waals surface area contributed by atoms with Gasteiger partial charge in [-0.25, -0.2) is 0 Å². The van der Waals surface area contributed by atoms with Gasteiger partial charge in [-0.05, 0) is 39.3 Å². The van der Waals surface area contributed by atoms with E-state index >= 15 is 0 Å². The molecule has 0 radical (unpaired) electrons. The standard InChI is InChI=1S/C14H28N2O2/c1-3-18-14(17)9-10-16(2)13-8-6-4-5-7-12(13)11-15/h12-13H,3-11,15H2,1-2H3. The average Bonchev–Trinajstić information content (AvgIpc) is 2.61. The molecule has 0 heterocycles. The van der Waals surface area contributed by atoms with Crippen molar-refractivity contribution in [2.75, 3.05) is 26.7 Å². The SMILES string of the molecule is CCOC(=O)CCN(C)C1CCCCCC1CN. The first-order valence-electron chi connectivity index (χ1n) is 7.25. The lowest BCUT2D eigenvalue weighted by Gasteiger charge is -2.32. The van der Waals surface area contributed by atoms with Crippen LogP contribution in [0.1, 0.15) is 45.4 Å². The Labute approximate surface area is 111 Å². The van der Waals surface area contributed by atoms with E-state index in [4.69, 9.17) is 10.5 Å². The van der Waals surface area contributed by atoms with Crippen LogP contribution in [-0.2, 0) is 9.53 Å². The molecule has 0 aromatic rings. The van der Waals surface area contributed by atoms with Crippen LogP contribution in [0.5, 0.6) is 0 Å². The molecule has 1 fully saturated rings. The number of nitrogens with two attached hydrogens (primary N) is 1. The lowest BCUT2D eigenvalue weighted by molar-refractivity contribution is -0.143. The first kappa shape index (κ1) is 15.4. The summed E-state index contributed by atoms with van der Waals surface area (Å²) in [4.78, 5) is 13.7. The van der Waals surface area contributed by atoms with Crippen LogP contribution in [0, 0.1) is 5.92 Å². The lowest BCUT2D eigenvalue weighted by Crippen LogP contribution is -2.41. The van der Waals surface area contributed by atoms with Crippen molar-refractivity contribution < 1.29 is 9.53 Å². The lowest BCUT2D eigenvalue weighted by atomic mass is 9.93. The zero-order valence-electron chi connectivity index (χ0n) is 11.9. The predicted octanol–water partition coefficient (Wildman–Crippen LogP) is 1.78. The maximum absolute atomic E-state index is 11.4. The van der Waals surface area contributed by atoms with Crippen molar-refractivity contribution in [2.24, 2.45) is 11.7 Å². The molecule has 2 N–H and O–H groups in total. The molecule has 0 spiro atoms. The third-order valence-corrected chi connectivity index (χ3v) is 3.96. The predicted molar refractivity (Wildman–Crippen MR) is 73.3 cm³/mol. The van der Waals surface area contributed by atoms with Crippen LogP contribution in [0.4, 0.5) is 0 Å². The largest absolute Gasteiger partial charge is 0.466 e. The minimum atomic E-state index is -0.0951. The minimum Gasteiger partial charge on any atom is -0.466 e. The Kier molecular flexibility index (Phi) is 7.28. The molecule has 4 heteroatoms. The number of carbonyl (C=O) groups excluding carboxylic acids is 1. The van der Waals surface area contributed by atoms with E-state index in [0.29, 0.717) is 25.0 Å². The highest BCUT2D eigenvalue weighted by Gasteiger charge is 2.26. The molecule has 1 rings (SSSR count). The summed E-state index contributed by atoms with van der Waals surface area (Å²) in [6, 6.07) is 0.534. The molecule has 0 bridgehead atoms. The summed E-state index contributed by atoms with van der Waals surface area (Å²) < 4.78 is 4.97. The van der Waals surface area contributed by atoms with Gasteiger partial charge in [-0.3, -0.25) is 4.79 Å². The van der Waals surface area contributed by atoms with Crippen molar-refractivity contribution in [3.05, 3.63) is 0 Å². The van der Waals surface area contributed by atoms with E-state index in [2.05, 4.69) is 11.9 Å². The number of rotatable bonds is 6. The molecule has 2 atom stereocenters. The summed E-state index contributed by atoms with van der Waals surface area (Å²) in [5.41, 5.74) is 5.89. The molecular weight excluding hydrogens is 228 g/mol. The normalized spacial score (nSPS) is 24.9. The fourth-order valence-corrected chi connectivity index (χ4v) is 2.89. The van der Waals surface area contributed by atoms with E-state index in [1.54, 1.807) is 0 Å². The smallest absolute Gasteiger partial charge is 0.307 e. The molecule has 0 aromatic heterocycles. The second kappa shape index (κ2) is 8.48. The quantitative estimate of drug-likeness (QED) is 0.581. The maximum atomic E-state index is 11.4. The van der Waals surface area contributed by atoms with Crippen LogP contribution in [0.25, 0.3) is 0 Å². The van der Waals surface area contributed by atoms with Crippen LogP contribution in [0.3, 0.4) is 0 Å². The van der Waals surface area contributed by atoms with Crippen molar-refractivity contribution in [3.8, 4) is 0 Å². The van der Waals surface area contributed by atoms with Gasteiger partial charge in [-0.15, -0.1) is 0 Å². The van der Waals surface area contributed by atoms with E-state index in [9.17, 15) is 4.79 Å². The topological polar surface area (TPSA) is 55.6 Å². The van der Waals surface area contributed by atoms with E-state index in [1.165, 1.54) is 32.1 Å². The molecule has 4 nitrogen and oxygen atoms in total. The fraction of sp³-hybridized carbons (Fsp3) is 0.929. The molecule has 0 aromatic carbocycles. The van der Waals surface area contributed by atoms with Gasteiger partial charge >= 0.3 is 5.97 Å². The minimum absolute atomic E-state index is 0.0951. The molecule has 0 saturated heterocycles. The summed E-state index contributed by atoms with van der Waals surface area (Å²) in [5.74, 6) is 0.488. The van der Waals surface area contributed by atoms with Gasteiger partial charge in [0.15, 0.2) is 0 Å². The van der Waals surface area contributed by atoms with Crippen molar-refractivity contribution in [1.82, 2.24) is 4.90 Å². The zero-order chi connectivity index (χ0) is 13.4. The van der Waals surface area contributed by atoms with Gasteiger partial charge in [0.2, 0.25) is 0 Å². The van der Waals surface area contributed by atoms with Gasteiger partial charge < -0.3 is 15.4 Å². The molecule has 1 aliphatic carbocycles. The monoisotopic (exact) mass is 256 g/mol. The van der Waals surface area contributed by atoms with Crippen molar-refractivity contribution in [3.63, 3.8) is 0 Å². The second-order valence-electron chi connectivity index (χ2n) is 5.24. The number of nitrogens with zero attached hydrogens (tertiary/aromatic N) is 1. The van der Waals surface area contributed by atoms with Gasteiger partial charge in [-0.2, -0.15) is 0 Å². The number of carbonyl (C=O) groups is 1. The average molecular weight is 256 g/mol. The number of hydrogen-bond acceptors (Lipinski definition) is 4. The molecule has 18 heavy (non-hydrogen) atoms. The third-order valence-electron chi connectivity index (χ3n) is 3.96. The Balaban J connectivity index is 2.41. The van der Waals surface area contributed by atoms with E-state index in [0.717, 1.165) is 13.1 Å². The number of hydrogen-bond donors (Lipinski definition) is 1. The third kappa shape index (κ3) is 4.94. The summed E-state index contributed by atoms with van der Waals surface area (Å²) >= 11 is 0. The Hall–Kier alpha value is -0.610. The molecule has 1 saturated carbocycles. The number of ether oxygens (including phenoxy) is 1. The molecule has 0 amide bonds. The number of esters is 1. The Bertz CT molecular complexity index is 246. The highest BCUT2D eigenvalue weighted by molar-refractivity contribution is 5.69. The van der Waals surface area contributed by atoms with Crippen molar-refractivity contribution in [2.45, 2.75) is 51.5 Å². The van der Waals surface area contributed by atoms with Crippen LogP contribution >= 0.6 is 0 Å². The fourth-order valence-electron chi connectivity index (χ4n) is 2.89. The van der Waals surface area contributed by atoms with E-state index in [-0.39, 0.29) is 5.97 Å².